The Kier molecular flexibility index (Phi) is 7.08. The van der Waals surface area contributed by atoms with E-state index in [1.54, 1.807) is 6.92 Å². The molecule has 0 saturated carbocycles. The Morgan fingerprint density at radius 3 is 2.00 bits per heavy atom. The molecule has 2 unspecified atom stereocenters. The molecule has 0 aromatic rings. The van der Waals surface area contributed by atoms with Gasteiger partial charge in [0.2, 0.25) is 0 Å². The Bertz CT molecular complexity index is 268. The molecule has 1 aliphatic rings. The number of rotatable bonds is 6. The SMILES string of the molecule is C=C(C)C(=O)O.CC(CO)C(CO)(CO)C1CO1. The van der Waals surface area contributed by atoms with Gasteiger partial charge in [0.15, 0.2) is 0 Å². The molecule has 0 aliphatic carbocycles. The second-order valence-electron chi connectivity index (χ2n) is 4.54. The number of aliphatic hydroxyl groups is 3. The molecule has 0 aromatic carbocycles. The molecule has 106 valence electrons. The van der Waals surface area contributed by atoms with E-state index in [9.17, 15) is 4.79 Å². The van der Waals surface area contributed by atoms with Crippen LogP contribution in [0, 0.1) is 11.3 Å². The minimum absolute atomic E-state index is 0.0407. The molecule has 18 heavy (non-hydrogen) atoms. The number of hydrogen-bond acceptors (Lipinski definition) is 5. The lowest BCUT2D eigenvalue weighted by Gasteiger charge is -2.33. The van der Waals surface area contributed by atoms with Crippen molar-refractivity contribution in [3.05, 3.63) is 12.2 Å². The number of ether oxygens (including phenoxy) is 1. The van der Waals surface area contributed by atoms with Crippen molar-refractivity contribution in [2.45, 2.75) is 20.0 Å². The number of hydrogen-bond donors (Lipinski definition) is 4. The zero-order valence-corrected chi connectivity index (χ0v) is 10.8. The van der Waals surface area contributed by atoms with Crippen LogP contribution >= 0.6 is 0 Å². The summed E-state index contributed by atoms with van der Waals surface area (Å²) >= 11 is 0. The Morgan fingerprint density at radius 2 is 1.83 bits per heavy atom. The normalized spacial score (nSPS) is 19.5. The maximum Gasteiger partial charge on any atom is 0.330 e. The fraction of sp³-hybridized carbons (Fsp3) is 0.750. The molecule has 0 amide bonds. The fourth-order valence-corrected chi connectivity index (χ4v) is 1.44. The Balaban J connectivity index is 0.000000411. The highest BCUT2D eigenvalue weighted by Gasteiger charge is 2.49. The number of aliphatic carboxylic acids is 1. The maximum absolute atomic E-state index is 9.60. The lowest BCUT2D eigenvalue weighted by Crippen LogP contribution is -2.43. The predicted octanol–water partition coefficient (Wildman–Crippen LogP) is -0.368. The van der Waals surface area contributed by atoms with Crippen LogP contribution in [0.5, 0.6) is 0 Å². The van der Waals surface area contributed by atoms with E-state index in [1.807, 2.05) is 0 Å². The molecular formula is C12H22O6. The third kappa shape index (κ3) is 4.38. The molecule has 1 heterocycles. The second kappa shape index (κ2) is 7.48. The van der Waals surface area contributed by atoms with Crippen LogP contribution in [0.4, 0.5) is 0 Å². The van der Waals surface area contributed by atoms with Crippen LogP contribution in [0.15, 0.2) is 12.2 Å². The predicted molar refractivity (Wildman–Crippen MR) is 65.0 cm³/mol. The van der Waals surface area contributed by atoms with Crippen LogP contribution in [0.25, 0.3) is 0 Å². The Labute approximate surface area is 107 Å². The molecule has 1 fully saturated rings. The first kappa shape index (κ1) is 17.1. The summed E-state index contributed by atoms with van der Waals surface area (Å²) in [4.78, 5) is 9.60. The van der Waals surface area contributed by atoms with E-state index in [2.05, 4.69) is 6.58 Å². The zero-order valence-electron chi connectivity index (χ0n) is 10.8. The van der Waals surface area contributed by atoms with Crippen molar-refractivity contribution in [3.63, 3.8) is 0 Å². The smallest absolute Gasteiger partial charge is 0.330 e. The standard InChI is InChI=1S/C8H16O4.C4H6O2/c1-6(2-9)8(4-10,5-11)7-3-12-7;1-3(2)4(5)6/h6-7,9-11H,2-5H2,1H3;1H2,2H3,(H,5,6). The van der Waals surface area contributed by atoms with Gasteiger partial charge in [0.25, 0.3) is 0 Å². The summed E-state index contributed by atoms with van der Waals surface area (Å²) in [7, 11) is 0. The van der Waals surface area contributed by atoms with Gasteiger partial charge in [-0.2, -0.15) is 0 Å². The van der Waals surface area contributed by atoms with Gasteiger partial charge in [-0.15, -0.1) is 0 Å². The summed E-state index contributed by atoms with van der Waals surface area (Å²) < 4.78 is 5.05. The molecule has 0 spiro atoms. The number of carbonyl (C=O) groups is 1. The van der Waals surface area contributed by atoms with Gasteiger partial charge in [-0.3, -0.25) is 0 Å². The number of aliphatic hydroxyl groups excluding tert-OH is 3. The van der Waals surface area contributed by atoms with Gasteiger partial charge in [-0.1, -0.05) is 13.5 Å². The lowest BCUT2D eigenvalue weighted by molar-refractivity contribution is -0.132. The van der Waals surface area contributed by atoms with Crippen LogP contribution in [0.1, 0.15) is 13.8 Å². The average molecular weight is 262 g/mol. The van der Waals surface area contributed by atoms with E-state index in [0.29, 0.717) is 6.61 Å². The third-order valence-electron chi connectivity index (χ3n) is 3.18. The lowest BCUT2D eigenvalue weighted by atomic mass is 9.75. The molecule has 2 atom stereocenters. The first-order valence-corrected chi connectivity index (χ1v) is 5.68. The highest BCUT2D eigenvalue weighted by molar-refractivity contribution is 5.84. The van der Waals surface area contributed by atoms with E-state index in [-0.39, 0.29) is 37.4 Å². The average Bonchev–Trinajstić information content (AvgIpc) is 3.16. The quantitative estimate of drug-likeness (QED) is 0.384. The van der Waals surface area contributed by atoms with E-state index in [1.165, 1.54) is 6.92 Å². The minimum Gasteiger partial charge on any atom is -0.478 e. The van der Waals surface area contributed by atoms with Crippen LogP contribution < -0.4 is 0 Å². The van der Waals surface area contributed by atoms with Gasteiger partial charge in [0.05, 0.1) is 25.9 Å². The largest absolute Gasteiger partial charge is 0.478 e. The Hall–Kier alpha value is -0.950. The molecule has 0 bridgehead atoms. The highest BCUT2D eigenvalue weighted by Crippen LogP contribution is 2.38. The molecular weight excluding hydrogens is 240 g/mol. The van der Waals surface area contributed by atoms with Crippen LogP contribution in [0.3, 0.4) is 0 Å². The van der Waals surface area contributed by atoms with E-state index in [0.717, 1.165) is 0 Å². The molecule has 6 heteroatoms. The Morgan fingerprint density at radius 1 is 1.44 bits per heavy atom. The maximum atomic E-state index is 9.60. The molecule has 0 aromatic heterocycles. The van der Waals surface area contributed by atoms with Crippen molar-refractivity contribution < 1.29 is 30.0 Å². The third-order valence-corrected chi connectivity index (χ3v) is 3.18. The monoisotopic (exact) mass is 262 g/mol. The van der Waals surface area contributed by atoms with Crippen molar-refractivity contribution in [1.82, 2.24) is 0 Å². The van der Waals surface area contributed by atoms with Crippen molar-refractivity contribution >= 4 is 5.97 Å². The number of carboxylic acids is 1. The molecule has 4 N–H and O–H groups in total. The number of carboxylic acid groups (broad SMARTS) is 1. The summed E-state index contributed by atoms with van der Waals surface area (Å²) in [5.74, 6) is -1.07. The van der Waals surface area contributed by atoms with Gasteiger partial charge < -0.3 is 25.2 Å². The summed E-state index contributed by atoms with van der Waals surface area (Å²) in [6.45, 7) is 6.65. The summed E-state index contributed by atoms with van der Waals surface area (Å²) in [5.41, 5.74) is -0.482. The van der Waals surface area contributed by atoms with E-state index < -0.39 is 11.4 Å². The van der Waals surface area contributed by atoms with Gasteiger partial charge in [-0.05, 0) is 12.8 Å². The number of epoxide rings is 1. The summed E-state index contributed by atoms with van der Waals surface area (Å²) in [6, 6.07) is 0. The van der Waals surface area contributed by atoms with E-state index >= 15 is 0 Å². The summed E-state index contributed by atoms with van der Waals surface area (Å²) in [6.07, 6.45) is -0.0883. The first-order valence-electron chi connectivity index (χ1n) is 5.68. The topological polar surface area (TPSA) is 111 Å². The second-order valence-corrected chi connectivity index (χ2v) is 4.54. The molecule has 1 saturated heterocycles. The minimum atomic E-state index is -0.935. The van der Waals surface area contributed by atoms with Crippen LogP contribution in [-0.4, -0.2) is 58.9 Å². The molecule has 0 radical (unpaired) electrons. The van der Waals surface area contributed by atoms with Crippen molar-refractivity contribution in [2.75, 3.05) is 26.4 Å². The highest BCUT2D eigenvalue weighted by atomic mass is 16.6. The first-order chi connectivity index (χ1) is 8.35. The molecule has 1 rings (SSSR count). The molecule has 6 nitrogen and oxygen atoms in total. The van der Waals surface area contributed by atoms with Crippen molar-refractivity contribution in [1.29, 1.82) is 0 Å². The van der Waals surface area contributed by atoms with E-state index in [4.69, 9.17) is 25.2 Å². The van der Waals surface area contributed by atoms with Crippen LogP contribution in [-0.2, 0) is 9.53 Å². The van der Waals surface area contributed by atoms with Gasteiger partial charge in [-0.25, -0.2) is 4.79 Å². The molecule has 1 aliphatic heterocycles. The van der Waals surface area contributed by atoms with Gasteiger partial charge in [0.1, 0.15) is 0 Å². The van der Waals surface area contributed by atoms with Gasteiger partial charge in [0, 0.05) is 17.6 Å². The van der Waals surface area contributed by atoms with Gasteiger partial charge >= 0.3 is 5.97 Å². The van der Waals surface area contributed by atoms with Crippen molar-refractivity contribution in [2.24, 2.45) is 11.3 Å². The fourth-order valence-electron chi connectivity index (χ4n) is 1.44. The van der Waals surface area contributed by atoms with Crippen molar-refractivity contribution in [3.8, 4) is 0 Å². The van der Waals surface area contributed by atoms with Crippen LogP contribution in [0.2, 0.25) is 0 Å². The summed E-state index contributed by atoms with van der Waals surface area (Å²) in [5, 5.41) is 35.1. The zero-order chi connectivity index (χ0) is 14.3.